The molecule has 1 aliphatic heterocycles. The number of nitrogens with two attached hydrogens (primary N) is 1. The number of thioether (sulfide) groups is 1. The van der Waals surface area contributed by atoms with Crippen molar-refractivity contribution < 1.29 is 19.7 Å². The summed E-state index contributed by atoms with van der Waals surface area (Å²) < 4.78 is 6.08. The molecule has 0 amide bonds. The van der Waals surface area contributed by atoms with Crippen LogP contribution >= 0.6 is 23.1 Å². The minimum absolute atomic E-state index is 0.0280. The molecule has 0 saturated heterocycles. The minimum Gasteiger partial charge on any atom is -0.511 e. The molecule has 1 unspecified atom stereocenters. The van der Waals surface area contributed by atoms with Crippen molar-refractivity contribution in [1.82, 2.24) is 0 Å². The Labute approximate surface area is 205 Å². The Morgan fingerprint density at radius 2 is 1.91 bits per heavy atom. The third-order valence-electron chi connectivity index (χ3n) is 6.32. The first-order valence-corrected chi connectivity index (χ1v) is 12.9. The van der Waals surface area contributed by atoms with Gasteiger partial charge in [-0.15, -0.1) is 11.3 Å². The molecule has 1 aromatic carbocycles. The fraction of sp³-hybridized carbons (Fsp3) is 0.500. The summed E-state index contributed by atoms with van der Waals surface area (Å²) in [6, 6.07) is 7.86. The number of cyclic esters (lactones) is 1. The van der Waals surface area contributed by atoms with Crippen LogP contribution in [0, 0.1) is 12.8 Å². The molecule has 0 bridgehead atoms. The fourth-order valence-corrected chi connectivity index (χ4v) is 6.18. The van der Waals surface area contributed by atoms with Crippen molar-refractivity contribution in [2.45, 2.75) is 83.3 Å². The van der Waals surface area contributed by atoms with Gasteiger partial charge in [0, 0.05) is 26.8 Å². The fourth-order valence-electron chi connectivity index (χ4n) is 4.05. The van der Waals surface area contributed by atoms with Gasteiger partial charge in [0.05, 0.1) is 6.61 Å². The number of benzene rings is 1. The Bertz CT molecular complexity index is 1060. The van der Waals surface area contributed by atoms with Crippen molar-refractivity contribution in [3.05, 3.63) is 55.8 Å². The average Bonchev–Trinajstić information content (AvgIpc) is 3.18. The van der Waals surface area contributed by atoms with Crippen molar-refractivity contribution >= 4 is 34.8 Å². The number of aliphatic hydroxyl groups excluding tert-OH is 2. The van der Waals surface area contributed by atoms with E-state index in [1.807, 2.05) is 45.0 Å². The van der Waals surface area contributed by atoms with Crippen molar-refractivity contribution in [3.8, 4) is 0 Å². The molecule has 2 heterocycles. The molecule has 1 atom stereocenters. The molecular formula is C26H35NO4S2. The van der Waals surface area contributed by atoms with Gasteiger partial charge in [0.2, 0.25) is 0 Å². The van der Waals surface area contributed by atoms with E-state index in [0.717, 1.165) is 32.2 Å². The summed E-state index contributed by atoms with van der Waals surface area (Å²) in [5.74, 6) is -0.355. The first-order chi connectivity index (χ1) is 15.4. The average molecular weight is 490 g/mol. The van der Waals surface area contributed by atoms with Crippen molar-refractivity contribution in [1.29, 1.82) is 0 Å². The van der Waals surface area contributed by atoms with E-state index in [-0.39, 0.29) is 35.0 Å². The highest BCUT2D eigenvalue weighted by Gasteiger charge is 2.44. The lowest BCUT2D eigenvalue weighted by Gasteiger charge is -2.40. The molecule has 33 heavy (non-hydrogen) atoms. The minimum atomic E-state index is -0.765. The van der Waals surface area contributed by atoms with Crippen LogP contribution in [0.3, 0.4) is 0 Å². The van der Waals surface area contributed by atoms with Crippen LogP contribution in [0.1, 0.15) is 68.3 Å². The summed E-state index contributed by atoms with van der Waals surface area (Å²) in [5.41, 5.74) is 7.90. The summed E-state index contributed by atoms with van der Waals surface area (Å²) in [7, 11) is 0. The Morgan fingerprint density at radius 1 is 1.24 bits per heavy atom. The molecular weight excluding hydrogens is 454 g/mol. The zero-order valence-corrected chi connectivity index (χ0v) is 22.0. The molecule has 180 valence electrons. The lowest BCUT2D eigenvalue weighted by Crippen LogP contribution is -2.44. The first kappa shape index (κ1) is 25.7. The number of nitrogen functional groups attached to an aromatic ring is 1. The molecule has 1 aliphatic rings. The molecule has 0 radical (unpaired) electrons. The number of thiophene rings is 1. The molecule has 1 aromatic heterocycles. The number of anilines is 1. The Hall–Kier alpha value is -1.96. The number of aliphatic hydroxyl groups is 2. The van der Waals surface area contributed by atoms with Gasteiger partial charge in [0.15, 0.2) is 0 Å². The lowest BCUT2D eigenvalue weighted by atomic mass is 9.80. The van der Waals surface area contributed by atoms with E-state index in [1.165, 1.54) is 11.8 Å². The van der Waals surface area contributed by atoms with Gasteiger partial charge in [-0.2, -0.15) is 0 Å². The smallest absolute Gasteiger partial charge is 0.349 e. The van der Waals surface area contributed by atoms with E-state index in [2.05, 4.69) is 20.8 Å². The van der Waals surface area contributed by atoms with E-state index in [4.69, 9.17) is 10.5 Å². The molecule has 0 spiro atoms. The van der Waals surface area contributed by atoms with E-state index < -0.39 is 11.6 Å². The van der Waals surface area contributed by atoms with E-state index in [0.29, 0.717) is 12.1 Å². The van der Waals surface area contributed by atoms with Gasteiger partial charge in [-0.05, 0) is 66.5 Å². The lowest BCUT2D eigenvalue weighted by molar-refractivity contribution is -0.164. The van der Waals surface area contributed by atoms with Crippen LogP contribution in [0.4, 0.5) is 5.69 Å². The maximum absolute atomic E-state index is 13.2. The number of carbonyl (C=O) groups excluding carboxylic acids is 1. The van der Waals surface area contributed by atoms with E-state index in [1.54, 1.807) is 11.3 Å². The molecule has 0 saturated carbocycles. The maximum Gasteiger partial charge on any atom is 0.349 e. The van der Waals surface area contributed by atoms with Gasteiger partial charge >= 0.3 is 5.97 Å². The monoisotopic (exact) mass is 489 g/mol. The maximum atomic E-state index is 13.2. The van der Waals surface area contributed by atoms with Crippen LogP contribution in [0.2, 0.25) is 0 Å². The summed E-state index contributed by atoms with van der Waals surface area (Å²) in [6.45, 7) is 12.3. The molecule has 5 nitrogen and oxygen atoms in total. The normalized spacial score (nSPS) is 19.3. The van der Waals surface area contributed by atoms with Crippen molar-refractivity contribution in [2.75, 3.05) is 5.73 Å². The van der Waals surface area contributed by atoms with Gasteiger partial charge in [0.1, 0.15) is 16.3 Å². The highest BCUT2D eigenvalue weighted by molar-refractivity contribution is 8.04. The predicted octanol–water partition coefficient (Wildman–Crippen LogP) is 6.26. The standard InChI is InChI=1S/C26H35NO4S2/c1-15(2)26(10-9-17-7-8-18(14-28)32-17)13-21(29)23(24(30)31-26)33-22-11-16(3)20(27)12-19(22)25(4,5)6/h7-8,11-12,15,28-29H,9-10,13-14,27H2,1-6H3. The number of carbonyl (C=O) groups is 1. The number of esters is 1. The third-order valence-corrected chi connectivity index (χ3v) is 8.61. The van der Waals surface area contributed by atoms with Gasteiger partial charge in [-0.3, -0.25) is 0 Å². The van der Waals surface area contributed by atoms with Gasteiger partial charge in [0.25, 0.3) is 0 Å². The SMILES string of the molecule is Cc1cc(SC2=C(O)CC(CCc3ccc(CO)s3)(C(C)C)OC2=O)c(C(C)(C)C)cc1N. The van der Waals surface area contributed by atoms with Crippen LogP contribution in [0.25, 0.3) is 0 Å². The van der Waals surface area contributed by atoms with Gasteiger partial charge in [-0.1, -0.05) is 46.4 Å². The molecule has 0 aliphatic carbocycles. The molecule has 2 aromatic rings. The second-order valence-corrected chi connectivity index (χ2v) is 12.4. The van der Waals surface area contributed by atoms with E-state index in [9.17, 15) is 15.0 Å². The highest BCUT2D eigenvalue weighted by atomic mass is 32.2. The van der Waals surface area contributed by atoms with Crippen LogP contribution in [-0.2, 0) is 28.0 Å². The van der Waals surface area contributed by atoms with Gasteiger partial charge < -0.3 is 20.7 Å². The Balaban J connectivity index is 1.89. The number of rotatable bonds is 7. The van der Waals surface area contributed by atoms with Crippen molar-refractivity contribution in [2.24, 2.45) is 5.92 Å². The number of ether oxygens (including phenoxy) is 1. The van der Waals surface area contributed by atoms with Crippen LogP contribution in [0.5, 0.6) is 0 Å². The first-order valence-electron chi connectivity index (χ1n) is 11.3. The number of hydrogen-bond donors (Lipinski definition) is 3. The second kappa shape index (κ2) is 9.72. The largest absolute Gasteiger partial charge is 0.511 e. The third kappa shape index (κ3) is 5.58. The zero-order chi connectivity index (χ0) is 24.6. The topological polar surface area (TPSA) is 92.8 Å². The molecule has 7 heteroatoms. The quantitative estimate of drug-likeness (QED) is 0.314. The summed E-state index contributed by atoms with van der Waals surface area (Å²) in [5, 5.41) is 20.4. The molecule has 3 rings (SSSR count). The molecule has 0 fully saturated rings. The predicted molar refractivity (Wildman–Crippen MR) is 137 cm³/mol. The van der Waals surface area contributed by atoms with Gasteiger partial charge in [-0.25, -0.2) is 4.79 Å². The zero-order valence-electron chi connectivity index (χ0n) is 20.3. The summed E-state index contributed by atoms with van der Waals surface area (Å²) in [4.78, 5) is 16.4. The Morgan fingerprint density at radius 3 is 2.45 bits per heavy atom. The molecule has 4 N–H and O–H groups in total. The van der Waals surface area contributed by atoms with Crippen LogP contribution < -0.4 is 5.73 Å². The second-order valence-electron chi connectivity index (χ2n) is 10.1. The summed E-state index contributed by atoms with van der Waals surface area (Å²) in [6.07, 6.45) is 1.62. The number of aryl methyl sites for hydroxylation is 2. The van der Waals surface area contributed by atoms with E-state index >= 15 is 0 Å². The number of hydrogen-bond acceptors (Lipinski definition) is 7. The summed E-state index contributed by atoms with van der Waals surface area (Å²) >= 11 is 2.83. The van der Waals surface area contributed by atoms with Crippen LogP contribution in [-0.4, -0.2) is 21.8 Å². The van der Waals surface area contributed by atoms with Crippen molar-refractivity contribution in [3.63, 3.8) is 0 Å². The van der Waals surface area contributed by atoms with Crippen LogP contribution in [0.15, 0.2) is 39.8 Å². The highest BCUT2D eigenvalue weighted by Crippen LogP contribution is 2.45. The Kier molecular flexibility index (Phi) is 7.56.